The summed E-state index contributed by atoms with van der Waals surface area (Å²) in [7, 11) is 0. The first-order valence-electron chi connectivity index (χ1n) is 4.32. The lowest BCUT2D eigenvalue weighted by Gasteiger charge is -2.09. The molecule has 0 saturated heterocycles. The Morgan fingerprint density at radius 3 is 3.23 bits per heavy atom. The van der Waals surface area contributed by atoms with Crippen LogP contribution in [0.25, 0.3) is 5.52 Å². The van der Waals surface area contributed by atoms with E-state index in [1.54, 1.807) is 10.7 Å². The third-order valence-electron chi connectivity index (χ3n) is 2.26. The molecule has 2 aromatic rings. The smallest absolute Gasteiger partial charge is 0.0900 e. The first-order valence-corrected chi connectivity index (χ1v) is 4.32. The van der Waals surface area contributed by atoms with E-state index in [2.05, 4.69) is 23.3 Å². The number of fused-ring (bicyclic) bond motifs is 1. The van der Waals surface area contributed by atoms with Crippen LogP contribution in [-0.2, 0) is 0 Å². The number of rotatable bonds is 2. The summed E-state index contributed by atoms with van der Waals surface area (Å²) in [6.45, 7) is 2.74. The summed E-state index contributed by atoms with van der Waals surface area (Å²) < 4.78 is 1.77. The van der Waals surface area contributed by atoms with Crippen molar-refractivity contribution in [2.24, 2.45) is 5.73 Å². The zero-order valence-corrected chi connectivity index (χ0v) is 7.51. The van der Waals surface area contributed by atoms with Crippen molar-refractivity contribution < 1.29 is 0 Å². The number of nitrogens with two attached hydrogens (primary N) is 1. The lowest BCUT2D eigenvalue weighted by Crippen LogP contribution is -2.09. The monoisotopic (exact) mass is 176 g/mol. The van der Waals surface area contributed by atoms with Gasteiger partial charge in [0.2, 0.25) is 0 Å². The molecule has 4 nitrogen and oxygen atoms in total. The van der Waals surface area contributed by atoms with Gasteiger partial charge in [-0.05, 0) is 24.1 Å². The second kappa shape index (κ2) is 3.14. The molecule has 0 aliphatic rings. The molecule has 0 bridgehead atoms. The van der Waals surface area contributed by atoms with E-state index in [4.69, 9.17) is 5.73 Å². The van der Waals surface area contributed by atoms with Gasteiger partial charge in [-0.1, -0.05) is 18.2 Å². The molecule has 2 heterocycles. The van der Waals surface area contributed by atoms with Crippen LogP contribution in [0.1, 0.15) is 18.4 Å². The molecule has 13 heavy (non-hydrogen) atoms. The highest BCUT2D eigenvalue weighted by atomic mass is 15.4. The van der Waals surface area contributed by atoms with E-state index in [0.717, 1.165) is 5.52 Å². The molecule has 0 radical (unpaired) electrons. The molecule has 0 amide bonds. The molecule has 1 atom stereocenters. The highest BCUT2D eigenvalue weighted by Crippen LogP contribution is 2.18. The van der Waals surface area contributed by atoms with Crippen molar-refractivity contribution in [2.45, 2.75) is 12.8 Å². The van der Waals surface area contributed by atoms with E-state index < -0.39 is 0 Å². The van der Waals surface area contributed by atoms with Gasteiger partial charge in [-0.3, -0.25) is 0 Å². The lowest BCUT2D eigenvalue weighted by atomic mass is 10.0. The summed E-state index contributed by atoms with van der Waals surface area (Å²) >= 11 is 0. The summed E-state index contributed by atoms with van der Waals surface area (Å²) in [5.41, 5.74) is 7.86. The van der Waals surface area contributed by atoms with Crippen LogP contribution >= 0.6 is 0 Å². The highest BCUT2D eigenvalue weighted by molar-refractivity contribution is 5.53. The van der Waals surface area contributed by atoms with E-state index in [-0.39, 0.29) is 0 Å². The van der Waals surface area contributed by atoms with Gasteiger partial charge in [0.05, 0.1) is 11.7 Å². The number of aromatic nitrogens is 3. The lowest BCUT2D eigenvalue weighted by molar-refractivity contribution is 0.768. The number of hydrogen-bond donors (Lipinski definition) is 1. The van der Waals surface area contributed by atoms with Crippen LogP contribution in [-0.4, -0.2) is 21.4 Å². The van der Waals surface area contributed by atoms with E-state index in [0.29, 0.717) is 12.5 Å². The second-order valence-electron chi connectivity index (χ2n) is 3.16. The largest absolute Gasteiger partial charge is 0.330 e. The molecular weight excluding hydrogens is 164 g/mol. The molecule has 0 spiro atoms. The summed E-state index contributed by atoms with van der Waals surface area (Å²) in [6.07, 6.45) is 3.65. The SMILES string of the molecule is CC(CN)c1cccn2nncc12. The van der Waals surface area contributed by atoms with Crippen LogP contribution in [0, 0.1) is 0 Å². The van der Waals surface area contributed by atoms with E-state index in [9.17, 15) is 0 Å². The normalized spacial score (nSPS) is 13.4. The number of nitrogens with zero attached hydrogens (tertiary/aromatic N) is 3. The number of pyridine rings is 1. The van der Waals surface area contributed by atoms with Crippen LogP contribution in [0.2, 0.25) is 0 Å². The van der Waals surface area contributed by atoms with Gasteiger partial charge in [-0.2, -0.15) is 0 Å². The molecular formula is C9H12N4. The molecule has 68 valence electrons. The van der Waals surface area contributed by atoms with Crippen molar-refractivity contribution in [1.82, 2.24) is 14.8 Å². The van der Waals surface area contributed by atoms with Gasteiger partial charge < -0.3 is 5.73 Å². The fourth-order valence-corrected chi connectivity index (χ4v) is 1.42. The Balaban J connectivity index is 2.60. The molecule has 0 fully saturated rings. The Morgan fingerprint density at radius 2 is 2.46 bits per heavy atom. The maximum atomic E-state index is 5.61. The van der Waals surface area contributed by atoms with Crippen molar-refractivity contribution in [3.8, 4) is 0 Å². The van der Waals surface area contributed by atoms with E-state index in [1.807, 2.05) is 12.3 Å². The molecule has 4 heteroatoms. The van der Waals surface area contributed by atoms with Crippen molar-refractivity contribution in [1.29, 1.82) is 0 Å². The predicted octanol–water partition coefficient (Wildman–Crippen LogP) is 0.791. The highest BCUT2D eigenvalue weighted by Gasteiger charge is 2.08. The van der Waals surface area contributed by atoms with Crippen molar-refractivity contribution in [3.05, 3.63) is 30.1 Å². The Bertz CT molecular complexity index is 407. The molecule has 2 aromatic heterocycles. The predicted molar refractivity (Wildman–Crippen MR) is 50.5 cm³/mol. The summed E-state index contributed by atoms with van der Waals surface area (Å²) in [6, 6.07) is 4.03. The molecule has 0 aliphatic carbocycles. The quantitative estimate of drug-likeness (QED) is 0.736. The van der Waals surface area contributed by atoms with Gasteiger partial charge in [-0.25, -0.2) is 4.52 Å². The first-order chi connectivity index (χ1) is 6.33. The van der Waals surface area contributed by atoms with Gasteiger partial charge >= 0.3 is 0 Å². The Morgan fingerprint density at radius 1 is 1.62 bits per heavy atom. The van der Waals surface area contributed by atoms with Crippen molar-refractivity contribution in [3.63, 3.8) is 0 Å². The van der Waals surface area contributed by atoms with Crippen LogP contribution < -0.4 is 5.73 Å². The fraction of sp³-hybridized carbons (Fsp3) is 0.333. The van der Waals surface area contributed by atoms with Crippen LogP contribution in [0.4, 0.5) is 0 Å². The molecule has 2 N–H and O–H groups in total. The minimum absolute atomic E-state index is 0.349. The maximum absolute atomic E-state index is 5.61. The Kier molecular flexibility index (Phi) is 1.98. The Labute approximate surface area is 76.4 Å². The molecule has 0 aromatic carbocycles. The standard InChI is InChI=1S/C9H12N4/c1-7(5-10)8-3-2-4-13-9(8)6-11-12-13/h2-4,6-7H,5,10H2,1H3. The van der Waals surface area contributed by atoms with Crippen LogP contribution in [0.15, 0.2) is 24.5 Å². The molecule has 2 rings (SSSR count). The van der Waals surface area contributed by atoms with Gasteiger partial charge in [0.25, 0.3) is 0 Å². The van der Waals surface area contributed by atoms with Crippen molar-refractivity contribution in [2.75, 3.05) is 6.54 Å². The first kappa shape index (κ1) is 8.19. The van der Waals surface area contributed by atoms with Crippen LogP contribution in [0.3, 0.4) is 0 Å². The maximum Gasteiger partial charge on any atom is 0.0900 e. The van der Waals surface area contributed by atoms with Crippen LogP contribution in [0.5, 0.6) is 0 Å². The van der Waals surface area contributed by atoms with Gasteiger partial charge in [-0.15, -0.1) is 5.10 Å². The summed E-state index contributed by atoms with van der Waals surface area (Å²) in [5, 5.41) is 7.77. The topological polar surface area (TPSA) is 56.2 Å². The third-order valence-corrected chi connectivity index (χ3v) is 2.26. The summed E-state index contributed by atoms with van der Waals surface area (Å²) in [5.74, 6) is 0.349. The fourth-order valence-electron chi connectivity index (χ4n) is 1.42. The van der Waals surface area contributed by atoms with Gasteiger partial charge in [0, 0.05) is 6.20 Å². The molecule has 0 saturated carbocycles. The van der Waals surface area contributed by atoms with Crippen molar-refractivity contribution >= 4 is 5.52 Å². The average Bonchev–Trinajstić information content (AvgIpc) is 2.63. The molecule has 1 unspecified atom stereocenters. The molecule has 0 aliphatic heterocycles. The zero-order chi connectivity index (χ0) is 9.26. The van der Waals surface area contributed by atoms with Gasteiger partial charge in [0.1, 0.15) is 0 Å². The average molecular weight is 176 g/mol. The third kappa shape index (κ3) is 1.29. The van der Waals surface area contributed by atoms with Gasteiger partial charge in [0.15, 0.2) is 0 Å². The number of hydrogen-bond acceptors (Lipinski definition) is 3. The minimum Gasteiger partial charge on any atom is -0.330 e. The second-order valence-corrected chi connectivity index (χ2v) is 3.16. The van der Waals surface area contributed by atoms with E-state index >= 15 is 0 Å². The zero-order valence-electron chi connectivity index (χ0n) is 7.51. The summed E-state index contributed by atoms with van der Waals surface area (Å²) in [4.78, 5) is 0. The minimum atomic E-state index is 0.349. The van der Waals surface area contributed by atoms with E-state index in [1.165, 1.54) is 5.56 Å². The Hall–Kier alpha value is -1.42.